The molecule has 0 saturated carbocycles. The molecule has 3 nitrogen and oxygen atoms in total. The molecule has 2 atom stereocenters. The second-order valence-electron chi connectivity index (χ2n) is 6.58. The fraction of sp³-hybridized carbons (Fsp3) is 1.00. The fourth-order valence-corrected chi connectivity index (χ4v) is 2.82. The Kier molecular flexibility index (Phi) is 8.88. The van der Waals surface area contributed by atoms with Crippen molar-refractivity contribution < 1.29 is 4.74 Å². The van der Waals surface area contributed by atoms with Crippen molar-refractivity contribution in [2.75, 3.05) is 27.7 Å². The van der Waals surface area contributed by atoms with E-state index in [1.807, 2.05) is 0 Å². The highest BCUT2D eigenvalue weighted by Crippen LogP contribution is 2.18. The molecule has 0 aliphatic rings. The first kappa shape index (κ1) is 18.9. The second-order valence-corrected chi connectivity index (χ2v) is 6.58. The zero-order chi connectivity index (χ0) is 15.1. The minimum Gasteiger partial charge on any atom is -0.379 e. The van der Waals surface area contributed by atoms with E-state index in [0.29, 0.717) is 12.1 Å². The molecule has 0 saturated heterocycles. The highest BCUT2D eigenvalue weighted by atomic mass is 16.5. The molecule has 0 aromatic rings. The quantitative estimate of drug-likeness (QED) is 0.661. The Morgan fingerprint density at radius 3 is 2.05 bits per heavy atom. The molecule has 0 rings (SSSR count). The Morgan fingerprint density at radius 1 is 1.16 bits per heavy atom. The summed E-state index contributed by atoms with van der Waals surface area (Å²) >= 11 is 0. The Bertz CT molecular complexity index is 225. The van der Waals surface area contributed by atoms with E-state index in [1.54, 1.807) is 7.11 Å². The Hall–Kier alpha value is -0.120. The van der Waals surface area contributed by atoms with Crippen LogP contribution in [0, 0.1) is 5.92 Å². The van der Waals surface area contributed by atoms with E-state index < -0.39 is 0 Å². The molecule has 3 heteroatoms. The van der Waals surface area contributed by atoms with E-state index in [4.69, 9.17) is 4.74 Å². The molecule has 19 heavy (non-hydrogen) atoms. The smallest absolute Gasteiger partial charge is 0.0637 e. The molecular formula is C16H36N2O. The van der Waals surface area contributed by atoms with Crippen molar-refractivity contribution in [1.29, 1.82) is 0 Å². The number of nitrogens with zero attached hydrogens (tertiary/aromatic N) is 1. The normalized spacial score (nSPS) is 16.1. The van der Waals surface area contributed by atoms with Gasteiger partial charge in [-0.2, -0.15) is 0 Å². The first-order valence-electron chi connectivity index (χ1n) is 7.72. The predicted molar refractivity (Wildman–Crippen MR) is 84.7 cm³/mol. The van der Waals surface area contributed by atoms with Crippen LogP contribution < -0.4 is 5.32 Å². The molecule has 0 aromatic heterocycles. The van der Waals surface area contributed by atoms with Crippen molar-refractivity contribution in [3.63, 3.8) is 0 Å². The molecule has 0 amide bonds. The van der Waals surface area contributed by atoms with Gasteiger partial charge in [-0.1, -0.05) is 26.7 Å². The summed E-state index contributed by atoms with van der Waals surface area (Å²) in [5.74, 6) is 0.769. The van der Waals surface area contributed by atoms with E-state index in [2.05, 4.69) is 58.9 Å². The second kappa shape index (κ2) is 8.93. The summed E-state index contributed by atoms with van der Waals surface area (Å²) in [5, 5.41) is 3.68. The summed E-state index contributed by atoms with van der Waals surface area (Å²) in [4.78, 5) is 2.36. The highest BCUT2D eigenvalue weighted by molar-refractivity contribution is 4.81. The zero-order valence-electron chi connectivity index (χ0n) is 14.4. The number of ether oxygens (including phenoxy) is 1. The summed E-state index contributed by atoms with van der Waals surface area (Å²) in [7, 11) is 6.17. The number of nitrogens with one attached hydrogen (secondary N) is 1. The number of rotatable bonds is 10. The molecule has 116 valence electrons. The van der Waals surface area contributed by atoms with Gasteiger partial charge in [-0.15, -0.1) is 0 Å². The van der Waals surface area contributed by atoms with Gasteiger partial charge in [0, 0.05) is 25.7 Å². The molecule has 0 fully saturated rings. The molecule has 2 unspecified atom stereocenters. The van der Waals surface area contributed by atoms with Crippen LogP contribution in [0.25, 0.3) is 0 Å². The predicted octanol–water partition coefficient (Wildman–Crippen LogP) is 3.15. The lowest BCUT2D eigenvalue weighted by molar-refractivity contribution is 0.00786. The van der Waals surface area contributed by atoms with Gasteiger partial charge in [-0.3, -0.25) is 0 Å². The van der Waals surface area contributed by atoms with Gasteiger partial charge in [0.05, 0.1) is 5.60 Å². The zero-order valence-corrected chi connectivity index (χ0v) is 14.4. The van der Waals surface area contributed by atoms with E-state index in [0.717, 1.165) is 18.9 Å². The van der Waals surface area contributed by atoms with Crippen molar-refractivity contribution in [3.05, 3.63) is 0 Å². The minimum absolute atomic E-state index is 0.0467. The summed E-state index contributed by atoms with van der Waals surface area (Å²) in [5.41, 5.74) is -0.0467. The molecule has 0 aliphatic heterocycles. The lowest BCUT2D eigenvalue weighted by Crippen LogP contribution is -2.46. The van der Waals surface area contributed by atoms with Gasteiger partial charge in [-0.25, -0.2) is 0 Å². The van der Waals surface area contributed by atoms with Crippen LogP contribution in [0.5, 0.6) is 0 Å². The lowest BCUT2D eigenvalue weighted by Gasteiger charge is -2.34. The minimum atomic E-state index is -0.0467. The Labute approximate surface area is 121 Å². The molecule has 0 radical (unpaired) electrons. The van der Waals surface area contributed by atoms with E-state index in [-0.39, 0.29) is 5.60 Å². The molecule has 0 aliphatic carbocycles. The van der Waals surface area contributed by atoms with Crippen LogP contribution in [0.1, 0.15) is 53.9 Å². The monoisotopic (exact) mass is 272 g/mol. The lowest BCUT2D eigenvalue weighted by atomic mass is 9.92. The third-order valence-corrected chi connectivity index (χ3v) is 4.28. The van der Waals surface area contributed by atoms with Crippen LogP contribution in [0.4, 0.5) is 0 Å². The van der Waals surface area contributed by atoms with Crippen molar-refractivity contribution in [3.8, 4) is 0 Å². The van der Waals surface area contributed by atoms with Crippen LogP contribution in [0.2, 0.25) is 0 Å². The highest BCUT2D eigenvalue weighted by Gasteiger charge is 2.23. The van der Waals surface area contributed by atoms with Gasteiger partial charge in [-0.05, 0) is 47.2 Å². The molecule has 0 spiro atoms. The summed E-state index contributed by atoms with van der Waals surface area (Å²) in [6, 6.07) is 1.09. The van der Waals surface area contributed by atoms with Crippen LogP contribution in [0.15, 0.2) is 0 Å². The van der Waals surface area contributed by atoms with Gasteiger partial charge >= 0.3 is 0 Å². The first-order chi connectivity index (χ1) is 8.77. The molecule has 0 heterocycles. The largest absolute Gasteiger partial charge is 0.379 e. The van der Waals surface area contributed by atoms with Crippen LogP contribution in [0.3, 0.4) is 0 Å². The van der Waals surface area contributed by atoms with Gasteiger partial charge in [0.25, 0.3) is 0 Å². The van der Waals surface area contributed by atoms with Crippen molar-refractivity contribution in [2.24, 2.45) is 5.92 Å². The number of likely N-dealkylation sites (N-methyl/N-ethyl adjacent to an activating group) is 1. The molecule has 1 N–H and O–H groups in total. The van der Waals surface area contributed by atoms with Crippen LogP contribution >= 0.6 is 0 Å². The van der Waals surface area contributed by atoms with Gasteiger partial charge in [0.1, 0.15) is 0 Å². The Morgan fingerprint density at radius 2 is 1.68 bits per heavy atom. The van der Waals surface area contributed by atoms with E-state index in [1.165, 1.54) is 12.8 Å². The average molecular weight is 272 g/mol. The Balaban J connectivity index is 4.32. The number of methoxy groups -OCH3 is 1. The van der Waals surface area contributed by atoms with E-state index in [9.17, 15) is 0 Å². The average Bonchev–Trinajstić information content (AvgIpc) is 2.33. The first-order valence-corrected chi connectivity index (χ1v) is 7.72. The van der Waals surface area contributed by atoms with Crippen molar-refractivity contribution in [1.82, 2.24) is 10.2 Å². The number of hydrogen-bond acceptors (Lipinski definition) is 3. The van der Waals surface area contributed by atoms with Gasteiger partial charge in [0.2, 0.25) is 0 Å². The van der Waals surface area contributed by atoms with Crippen LogP contribution in [-0.2, 0) is 4.74 Å². The van der Waals surface area contributed by atoms with E-state index >= 15 is 0 Å². The fourth-order valence-electron chi connectivity index (χ4n) is 2.82. The number of hydrogen-bond donors (Lipinski definition) is 1. The standard InChI is InChI=1S/C16H36N2O/c1-9-14(10-2)15(18(6)7)12-17-13(3)11-16(4,5)19-8/h13-15,17H,9-12H2,1-8H3. The SMILES string of the molecule is CCC(CC)C(CNC(C)CC(C)(C)OC)N(C)C. The van der Waals surface area contributed by atoms with Gasteiger partial charge < -0.3 is 15.0 Å². The third-order valence-electron chi connectivity index (χ3n) is 4.28. The maximum absolute atomic E-state index is 5.50. The van der Waals surface area contributed by atoms with Crippen molar-refractivity contribution >= 4 is 0 Å². The maximum Gasteiger partial charge on any atom is 0.0637 e. The molecular weight excluding hydrogens is 236 g/mol. The summed E-state index contributed by atoms with van der Waals surface area (Å²) in [6.45, 7) is 12.2. The molecule has 0 bridgehead atoms. The summed E-state index contributed by atoms with van der Waals surface area (Å²) < 4.78 is 5.50. The maximum atomic E-state index is 5.50. The van der Waals surface area contributed by atoms with Gasteiger partial charge in [0.15, 0.2) is 0 Å². The molecule has 0 aromatic carbocycles. The van der Waals surface area contributed by atoms with Crippen molar-refractivity contribution in [2.45, 2.75) is 71.6 Å². The van der Waals surface area contributed by atoms with Crippen LogP contribution in [-0.4, -0.2) is 50.3 Å². The third kappa shape index (κ3) is 7.28. The summed E-state index contributed by atoms with van der Waals surface area (Å²) in [6.07, 6.45) is 3.53. The topological polar surface area (TPSA) is 24.5 Å².